The van der Waals surface area contributed by atoms with Crippen LogP contribution >= 0.6 is 39.1 Å². The fraction of sp³-hybridized carbons (Fsp3) is 0.0476. The van der Waals surface area contributed by atoms with Gasteiger partial charge >= 0.3 is 0 Å². The van der Waals surface area contributed by atoms with Crippen molar-refractivity contribution in [2.24, 2.45) is 0 Å². The molecule has 0 unspecified atom stereocenters. The van der Waals surface area contributed by atoms with E-state index in [9.17, 15) is 4.79 Å². The van der Waals surface area contributed by atoms with E-state index in [-0.39, 0.29) is 5.56 Å². The third kappa shape index (κ3) is 3.65. The molecule has 1 aromatic heterocycles. The lowest BCUT2D eigenvalue weighted by Crippen LogP contribution is -2.23. The fourth-order valence-corrected chi connectivity index (χ4v) is 3.73. The summed E-state index contributed by atoms with van der Waals surface area (Å²) in [7, 11) is 0. The molecule has 6 heteroatoms. The van der Waals surface area contributed by atoms with Crippen LogP contribution in [0.4, 0.5) is 0 Å². The molecule has 0 saturated carbocycles. The van der Waals surface area contributed by atoms with Crippen LogP contribution in [0.1, 0.15) is 11.3 Å². The summed E-state index contributed by atoms with van der Waals surface area (Å²) in [5.74, 6) is 0. The molecule has 0 aliphatic heterocycles. The first-order chi connectivity index (χ1) is 13.0. The Morgan fingerprint density at radius 3 is 2.33 bits per heavy atom. The van der Waals surface area contributed by atoms with Crippen LogP contribution in [0.3, 0.4) is 0 Å². The molecule has 27 heavy (non-hydrogen) atoms. The van der Waals surface area contributed by atoms with Crippen molar-refractivity contribution >= 4 is 49.9 Å². The Labute approximate surface area is 174 Å². The molecule has 4 rings (SSSR count). The monoisotopic (exact) mass is 458 g/mol. The minimum atomic E-state index is -0.154. The van der Waals surface area contributed by atoms with Crippen LogP contribution in [-0.2, 0) is 6.42 Å². The van der Waals surface area contributed by atoms with Gasteiger partial charge in [-0.05, 0) is 48.0 Å². The summed E-state index contributed by atoms with van der Waals surface area (Å²) in [5.41, 5.74) is 2.23. The second-order valence-corrected chi connectivity index (χ2v) is 7.86. The lowest BCUT2D eigenvalue weighted by molar-refractivity contribution is 0.787. The summed E-state index contributed by atoms with van der Waals surface area (Å²) in [5, 5.41) is 7.26. The predicted molar refractivity (Wildman–Crippen MR) is 114 cm³/mol. The maximum Gasteiger partial charge on any atom is 0.279 e. The van der Waals surface area contributed by atoms with Gasteiger partial charge in [0.1, 0.15) is 0 Å². The van der Waals surface area contributed by atoms with Crippen LogP contribution in [0.25, 0.3) is 16.5 Å². The molecule has 0 atom stereocenters. The SMILES string of the molecule is O=c1c2ccccc2c(Cc2ccc(Cl)cc2Cl)nn1-c1ccc(Br)cc1. The van der Waals surface area contributed by atoms with Crippen molar-refractivity contribution in [1.29, 1.82) is 0 Å². The second kappa shape index (κ2) is 7.47. The summed E-state index contributed by atoms with van der Waals surface area (Å²) < 4.78 is 2.38. The topological polar surface area (TPSA) is 34.9 Å². The maximum atomic E-state index is 13.0. The van der Waals surface area contributed by atoms with E-state index in [0.29, 0.717) is 27.5 Å². The molecular formula is C21H13BrCl2N2O. The first-order valence-electron chi connectivity index (χ1n) is 8.24. The molecule has 3 aromatic carbocycles. The largest absolute Gasteiger partial charge is 0.279 e. The summed E-state index contributed by atoms with van der Waals surface area (Å²) in [6.07, 6.45) is 0.493. The van der Waals surface area contributed by atoms with Gasteiger partial charge in [-0.2, -0.15) is 9.78 Å². The van der Waals surface area contributed by atoms with Gasteiger partial charge in [0.25, 0.3) is 5.56 Å². The molecule has 0 radical (unpaired) electrons. The third-order valence-corrected chi connectivity index (χ3v) is 5.44. The summed E-state index contributed by atoms with van der Waals surface area (Å²) in [6.45, 7) is 0. The zero-order chi connectivity index (χ0) is 19.0. The zero-order valence-electron chi connectivity index (χ0n) is 14.0. The fourth-order valence-electron chi connectivity index (χ4n) is 2.99. The maximum absolute atomic E-state index is 13.0. The minimum Gasteiger partial charge on any atom is -0.267 e. The molecule has 0 spiro atoms. The molecule has 0 aliphatic rings. The first-order valence-corrected chi connectivity index (χ1v) is 9.78. The van der Waals surface area contributed by atoms with E-state index in [1.807, 2.05) is 54.6 Å². The first kappa shape index (κ1) is 18.2. The van der Waals surface area contributed by atoms with Gasteiger partial charge in [-0.3, -0.25) is 4.79 Å². The van der Waals surface area contributed by atoms with Crippen LogP contribution in [0.5, 0.6) is 0 Å². The van der Waals surface area contributed by atoms with Crippen molar-refractivity contribution in [2.45, 2.75) is 6.42 Å². The normalized spacial score (nSPS) is 11.1. The average Bonchev–Trinajstić information content (AvgIpc) is 2.67. The van der Waals surface area contributed by atoms with E-state index in [4.69, 9.17) is 23.2 Å². The third-order valence-electron chi connectivity index (χ3n) is 4.33. The zero-order valence-corrected chi connectivity index (χ0v) is 17.1. The van der Waals surface area contributed by atoms with Crippen LogP contribution < -0.4 is 5.56 Å². The number of fused-ring (bicyclic) bond motifs is 1. The van der Waals surface area contributed by atoms with Crippen molar-refractivity contribution in [1.82, 2.24) is 9.78 Å². The quantitative estimate of drug-likeness (QED) is 0.374. The summed E-state index contributed by atoms with van der Waals surface area (Å²) >= 11 is 15.8. The number of rotatable bonds is 3. The summed E-state index contributed by atoms with van der Waals surface area (Å²) in [6, 6.07) is 20.4. The molecule has 134 valence electrons. The Morgan fingerprint density at radius 2 is 1.63 bits per heavy atom. The molecule has 0 saturated heterocycles. The Bertz CT molecular complexity index is 1200. The molecule has 3 nitrogen and oxygen atoms in total. The van der Waals surface area contributed by atoms with E-state index in [1.54, 1.807) is 12.1 Å². The van der Waals surface area contributed by atoms with Gasteiger partial charge in [0.2, 0.25) is 0 Å². The predicted octanol–water partition coefficient (Wildman–Crippen LogP) is 6.05. The number of aromatic nitrogens is 2. The Kier molecular flexibility index (Phi) is 5.04. The van der Waals surface area contributed by atoms with Gasteiger partial charge in [0.05, 0.1) is 16.8 Å². The van der Waals surface area contributed by atoms with E-state index in [2.05, 4.69) is 21.0 Å². The van der Waals surface area contributed by atoms with Gasteiger partial charge in [-0.1, -0.05) is 63.4 Å². The van der Waals surface area contributed by atoms with Gasteiger partial charge in [-0.15, -0.1) is 0 Å². The highest BCUT2D eigenvalue weighted by Crippen LogP contribution is 2.25. The standard InChI is InChI=1S/C21H13BrCl2N2O/c22-14-6-9-16(10-7-14)26-21(27)18-4-2-1-3-17(18)20(25-26)11-13-5-8-15(23)12-19(13)24/h1-10,12H,11H2. The molecule has 0 N–H and O–H groups in total. The highest BCUT2D eigenvalue weighted by molar-refractivity contribution is 9.10. The van der Waals surface area contributed by atoms with Gasteiger partial charge in [-0.25, -0.2) is 0 Å². The molecule has 0 fully saturated rings. The molecular weight excluding hydrogens is 447 g/mol. The molecule has 0 aliphatic carbocycles. The van der Waals surface area contributed by atoms with Crippen LogP contribution in [0, 0.1) is 0 Å². The van der Waals surface area contributed by atoms with E-state index in [0.717, 1.165) is 21.1 Å². The van der Waals surface area contributed by atoms with Crippen molar-refractivity contribution < 1.29 is 0 Å². The van der Waals surface area contributed by atoms with Crippen molar-refractivity contribution in [3.05, 3.63) is 103 Å². The Balaban J connectivity index is 1.92. The van der Waals surface area contributed by atoms with Crippen LogP contribution in [0.2, 0.25) is 10.0 Å². The summed E-state index contributed by atoms with van der Waals surface area (Å²) in [4.78, 5) is 13.0. The van der Waals surface area contributed by atoms with E-state index in [1.165, 1.54) is 4.68 Å². The minimum absolute atomic E-state index is 0.154. The highest BCUT2D eigenvalue weighted by atomic mass is 79.9. The van der Waals surface area contributed by atoms with Crippen molar-refractivity contribution in [3.63, 3.8) is 0 Å². The Hall–Kier alpha value is -2.14. The molecule has 4 aromatic rings. The van der Waals surface area contributed by atoms with Gasteiger partial charge < -0.3 is 0 Å². The number of nitrogens with zero attached hydrogens (tertiary/aromatic N) is 2. The smallest absolute Gasteiger partial charge is 0.267 e. The van der Waals surface area contributed by atoms with Gasteiger partial charge in [0.15, 0.2) is 0 Å². The average molecular weight is 460 g/mol. The lowest BCUT2D eigenvalue weighted by atomic mass is 10.0. The molecule has 0 amide bonds. The van der Waals surface area contributed by atoms with Gasteiger partial charge in [0, 0.05) is 26.3 Å². The van der Waals surface area contributed by atoms with Crippen LogP contribution in [0.15, 0.2) is 76.0 Å². The molecule has 0 bridgehead atoms. The number of halogens is 3. The molecule has 1 heterocycles. The highest BCUT2D eigenvalue weighted by Gasteiger charge is 2.13. The number of hydrogen-bond acceptors (Lipinski definition) is 2. The number of hydrogen-bond donors (Lipinski definition) is 0. The van der Waals surface area contributed by atoms with E-state index < -0.39 is 0 Å². The second-order valence-electron chi connectivity index (χ2n) is 6.10. The van der Waals surface area contributed by atoms with Crippen molar-refractivity contribution in [3.8, 4) is 5.69 Å². The Morgan fingerprint density at radius 1 is 0.926 bits per heavy atom. The number of benzene rings is 3. The van der Waals surface area contributed by atoms with Crippen molar-refractivity contribution in [2.75, 3.05) is 0 Å². The van der Waals surface area contributed by atoms with Crippen LogP contribution in [-0.4, -0.2) is 9.78 Å². The van der Waals surface area contributed by atoms with E-state index >= 15 is 0 Å². The lowest BCUT2D eigenvalue weighted by Gasteiger charge is -2.12.